The van der Waals surface area contributed by atoms with E-state index in [1.807, 2.05) is 66.1 Å². The third-order valence-electron chi connectivity index (χ3n) is 6.81. The first-order chi connectivity index (χ1) is 17.4. The molecule has 0 bridgehead atoms. The summed E-state index contributed by atoms with van der Waals surface area (Å²) in [5, 5.41) is 19.8. The van der Waals surface area contributed by atoms with Crippen LogP contribution in [0.4, 0.5) is 13.2 Å². The molecule has 0 fully saturated rings. The van der Waals surface area contributed by atoms with Crippen LogP contribution in [0, 0.1) is 6.92 Å². The molecule has 0 spiro atoms. The molecule has 37 heavy (non-hydrogen) atoms. The molecule has 0 aliphatic rings. The van der Waals surface area contributed by atoms with Gasteiger partial charge in [0.1, 0.15) is 0 Å². The number of pyridine rings is 1. The van der Waals surface area contributed by atoms with Gasteiger partial charge in [-0.25, -0.2) is 4.68 Å². The number of aryl methyl sites for hydroxylation is 2. The first kappa shape index (κ1) is 25.0. The van der Waals surface area contributed by atoms with Crippen LogP contribution in [0.15, 0.2) is 60.8 Å². The summed E-state index contributed by atoms with van der Waals surface area (Å²) in [7, 11) is 1.79. The van der Waals surface area contributed by atoms with Crippen LogP contribution in [0.5, 0.6) is 0 Å². The predicted molar refractivity (Wildman–Crippen MR) is 137 cm³/mol. The molecule has 0 aliphatic heterocycles. The van der Waals surface area contributed by atoms with Crippen LogP contribution < -0.4 is 0 Å². The van der Waals surface area contributed by atoms with Crippen molar-refractivity contribution in [2.24, 2.45) is 7.05 Å². The van der Waals surface area contributed by atoms with Crippen LogP contribution in [-0.2, 0) is 12.6 Å². The molecule has 0 radical (unpaired) electrons. The molecule has 3 heterocycles. The van der Waals surface area contributed by atoms with Crippen molar-refractivity contribution in [3.63, 3.8) is 0 Å². The van der Waals surface area contributed by atoms with Crippen molar-refractivity contribution in [1.82, 2.24) is 24.5 Å². The van der Waals surface area contributed by atoms with E-state index >= 15 is 0 Å². The van der Waals surface area contributed by atoms with Crippen LogP contribution in [0.2, 0.25) is 0 Å². The zero-order valence-corrected chi connectivity index (χ0v) is 21.1. The summed E-state index contributed by atoms with van der Waals surface area (Å²) in [6, 6.07) is 16.1. The summed E-state index contributed by atoms with van der Waals surface area (Å²) < 4.78 is 44.1. The molecule has 2 aromatic carbocycles. The summed E-state index contributed by atoms with van der Waals surface area (Å²) >= 11 is 0. The van der Waals surface area contributed by atoms with E-state index in [1.165, 1.54) is 0 Å². The lowest BCUT2D eigenvalue weighted by atomic mass is 9.97. The van der Waals surface area contributed by atoms with Gasteiger partial charge in [-0.05, 0) is 50.5 Å². The molecule has 5 rings (SSSR count). The van der Waals surface area contributed by atoms with E-state index in [4.69, 9.17) is 4.98 Å². The number of halogens is 3. The molecule has 3 aromatic heterocycles. The minimum absolute atomic E-state index is 0.143. The molecule has 1 atom stereocenters. The first-order valence-corrected chi connectivity index (χ1v) is 12.1. The Morgan fingerprint density at radius 2 is 1.73 bits per heavy atom. The Hall–Kier alpha value is -3.72. The van der Waals surface area contributed by atoms with Gasteiger partial charge in [0.15, 0.2) is 0 Å². The van der Waals surface area contributed by atoms with Crippen molar-refractivity contribution in [3.8, 4) is 11.3 Å². The van der Waals surface area contributed by atoms with Gasteiger partial charge in [-0.1, -0.05) is 47.7 Å². The number of aromatic nitrogens is 5. The van der Waals surface area contributed by atoms with Gasteiger partial charge in [-0.15, -0.1) is 5.10 Å². The lowest BCUT2D eigenvalue weighted by molar-refractivity contribution is -0.136. The van der Waals surface area contributed by atoms with E-state index in [9.17, 15) is 18.3 Å². The molecule has 0 aliphatic carbocycles. The van der Waals surface area contributed by atoms with Crippen LogP contribution in [-0.4, -0.2) is 35.8 Å². The second-order valence-electron chi connectivity index (χ2n) is 9.98. The van der Waals surface area contributed by atoms with Crippen molar-refractivity contribution in [3.05, 3.63) is 77.6 Å². The van der Waals surface area contributed by atoms with Crippen LogP contribution in [0.25, 0.3) is 33.2 Å². The molecule has 6 nitrogen and oxygen atoms in total. The molecule has 0 saturated heterocycles. The monoisotopic (exact) mass is 507 g/mol. The highest BCUT2D eigenvalue weighted by Crippen LogP contribution is 2.40. The molecular formula is C28H28F3N5O. The number of hydrogen-bond acceptors (Lipinski definition) is 4. The Labute approximate surface area is 212 Å². The fourth-order valence-electron chi connectivity index (χ4n) is 5.03. The second kappa shape index (κ2) is 8.99. The number of benzene rings is 2. The Bertz CT molecular complexity index is 1560. The maximum absolute atomic E-state index is 13.5. The van der Waals surface area contributed by atoms with E-state index in [0.29, 0.717) is 16.6 Å². The Morgan fingerprint density at radius 1 is 1.00 bits per heavy atom. The summed E-state index contributed by atoms with van der Waals surface area (Å²) in [6.07, 6.45) is -3.63. The molecule has 5 aromatic rings. The van der Waals surface area contributed by atoms with Crippen molar-refractivity contribution in [2.75, 3.05) is 0 Å². The fraction of sp³-hybridized carbons (Fsp3) is 0.321. The zero-order valence-electron chi connectivity index (χ0n) is 21.1. The fourth-order valence-corrected chi connectivity index (χ4v) is 5.03. The maximum atomic E-state index is 13.5. The predicted octanol–water partition coefficient (Wildman–Crippen LogP) is 6.45. The molecule has 0 saturated carbocycles. The van der Waals surface area contributed by atoms with Gasteiger partial charge in [0, 0.05) is 30.6 Å². The molecule has 1 N–H and O–H groups in total. The summed E-state index contributed by atoms with van der Waals surface area (Å²) in [6.45, 7) is 5.23. The largest absolute Gasteiger partial charge is 0.389 e. The number of nitrogens with zero attached hydrogens (tertiary/aromatic N) is 5. The van der Waals surface area contributed by atoms with Gasteiger partial charge in [0.25, 0.3) is 0 Å². The third kappa shape index (κ3) is 4.71. The Balaban J connectivity index is 1.84. The number of alkyl halides is 3. The van der Waals surface area contributed by atoms with Gasteiger partial charge >= 0.3 is 6.18 Å². The summed E-state index contributed by atoms with van der Waals surface area (Å²) in [4.78, 5) is 4.77. The van der Waals surface area contributed by atoms with Crippen molar-refractivity contribution in [2.45, 2.75) is 51.4 Å². The zero-order chi connectivity index (χ0) is 26.5. The van der Waals surface area contributed by atoms with Crippen LogP contribution in [0.1, 0.15) is 49.6 Å². The summed E-state index contributed by atoms with van der Waals surface area (Å²) in [5.74, 6) is 0. The Kier molecular flexibility index (Phi) is 6.06. The minimum atomic E-state index is -4.30. The van der Waals surface area contributed by atoms with Gasteiger partial charge in [-0.2, -0.15) is 13.2 Å². The Morgan fingerprint density at radius 3 is 2.35 bits per heavy atom. The third-order valence-corrected chi connectivity index (χ3v) is 6.81. The smallest absolute Gasteiger partial charge is 0.386 e. The highest BCUT2D eigenvalue weighted by Gasteiger charge is 2.31. The van der Waals surface area contributed by atoms with E-state index < -0.39 is 24.2 Å². The lowest BCUT2D eigenvalue weighted by Gasteiger charge is -2.24. The highest BCUT2D eigenvalue weighted by atomic mass is 19.4. The average molecular weight is 508 g/mol. The molecule has 0 unspecified atom stereocenters. The number of rotatable bonds is 6. The van der Waals surface area contributed by atoms with Gasteiger partial charge in [-0.3, -0.25) is 4.98 Å². The first-order valence-electron chi connectivity index (χ1n) is 12.1. The topological polar surface area (TPSA) is 68.8 Å². The summed E-state index contributed by atoms with van der Waals surface area (Å²) in [5.41, 5.74) is 4.70. The molecule has 0 amide bonds. The standard InChI is InChI=1S/C28H28F3N5O/c1-17-26(35(4)34-33-17)19-14-24-25(32-16-19)21-11-10-20(27(2,3)37)15-23(21)36(24)22(12-13-28(29,30)31)18-8-6-5-7-9-18/h5-11,14-16,22,37H,12-13H2,1-4H3/t22-/m1/s1. The highest BCUT2D eigenvalue weighted by molar-refractivity contribution is 6.07. The van der Waals surface area contributed by atoms with Crippen LogP contribution in [0.3, 0.4) is 0 Å². The molecular weight excluding hydrogens is 479 g/mol. The number of hydrogen-bond donors (Lipinski definition) is 1. The van der Waals surface area contributed by atoms with E-state index in [0.717, 1.165) is 33.4 Å². The van der Waals surface area contributed by atoms with E-state index in [1.54, 1.807) is 31.8 Å². The molecule has 9 heteroatoms. The van der Waals surface area contributed by atoms with E-state index in [-0.39, 0.29) is 6.42 Å². The second-order valence-corrected chi connectivity index (χ2v) is 9.98. The van der Waals surface area contributed by atoms with Crippen molar-refractivity contribution < 1.29 is 18.3 Å². The normalized spacial score (nSPS) is 13.5. The van der Waals surface area contributed by atoms with E-state index in [2.05, 4.69) is 10.3 Å². The SMILES string of the molecule is Cc1nnn(C)c1-c1cnc2c3ccc(C(C)(C)O)cc3n([C@H](CCC(F)(F)F)c3ccccc3)c2c1. The van der Waals surface area contributed by atoms with Crippen molar-refractivity contribution in [1.29, 1.82) is 0 Å². The number of fused-ring (bicyclic) bond motifs is 3. The molecule has 192 valence electrons. The van der Waals surface area contributed by atoms with Gasteiger partial charge < -0.3 is 9.67 Å². The van der Waals surface area contributed by atoms with Crippen LogP contribution >= 0.6 is 0 Å². The van der Waals surface area contributed by atoms with Gasteiger partial charge in [0.2, 0.25) is 0 Å². The maximum Gasteiger partial charge on any atom is 0.389 e. The quantitative estimate of drug-likeness (QED) is 0.287. The lowest BCUT2D eigenvalue weighted by Crippen LogP contribution is -2.17. The number of aliphatic hydroxyl groups is 1. The average Bonchev–Trinajstić information content (AvgIpc) is 3.34. The minimum Gasteiger partial charge on any atom is -0.386 e. The van der Waals surface area contributed by atoms with Gasteiger partial charge in [0.05, 0.1) is 39.6 Å². The van der Waals surface area contributed by atoms with Crippen molar-refractivity contribution >= 4 is 21.9 Å².